The zero-order valence-corrected chi connectivity index (χ0v) is 10.2. The molecule has 0 atom stereocenters. The molecule has 0 fully saturated rings. The second-order valence-corrected chi connectivity index (χ2v) is 3.66. The summed E-state index contributed by atoms with van der Waals surface area (Å²) < 4.78 is 5.17. The molecule has 5 nitrogen and oxygen atoms in total. The van der Waals surface area contributed by atoms with Crippen molar-refractivity contribution in [2.75, 3.05) is 6.61 Å². The van der Waals surface area contributed by atoms with Gasteiger partial charge in [0, 0.05) is 0 Å². The topological polar surface area (TPSA) is 70.9 Å². The minimum atomic E-state index is -0.600. The first-order chi connectivity index (χ1) is 7.63. The molecule has 0 saturated carbocycles. The molecule has 86 valence electrons. The summed E-state index contributed by atoms with van der Waals surface area (Å²) in [5.74, 6) is 0.149. The van der Waals surface area contributed by atoms with E-state index in [2.05, 4.69) is 31.2 Å². The molecule has 0 bridgehead atoms. The number of phenolic OH excluding ortho intramolecular Hbond substituents is 1. The molecule has 1 aromatic rings. The van der Waals surface area contributed by atoms with Crippen molar-refractivity contribution in [1.82, 2.24) is 5.43 Å². The van der Waals surface area contributed by atoms with Crippen molar-refractivity contribution in [3.63, 3.8) is 0 Å². The van der Waals surface area contributed by atoms with Gasteiger partial charge < -0.3 is 9.84 Å². The van der Waals surface area contributed by atoms with Gasteiger partial charge in [-0.05, 0) is 46.6 Å². The number of ether oxygens (including phenoxy) is 1. The van der Waals surface area contributed by atoms with E-state index in [4.69, 9.17) is 0 Å². The van der Waals surface area contributed by atoms with E-state index < -0.39 is 6.09 Å². The lowest BCUT2D eigenvalue weighted by molar-refractivity contribution is 0.152. The van der Waals surface area contributed by atoms with Gasteiger partial charge in [0.15, 0.2) is 0 Å². The summed E-state index contributed by atoms with van der Waals surface area (Å²) in [5, 5.41) is 12.9. The Bertz CT molecular complexity index is 407. The molecule has 1 aromatic carbocycles. The molecule has 0 aromatic heterocycles. The summed E-state index contributed by atoms with van der Waals surface area (Å²) in [5.41, 5.74) is 2.93. The fraction of sp³-hybridized carbons (Fsp3) is 0.200. The van der Waals surface area contributed by atoms with E-state index >= 15 is 0 Å². The number of benzene rings is 1. The number of aromatic hydroxyl groups is 1. The van der Waals surface area contributed by atoms with Crippen LogP contribution in [-0.4, -0.2) is 24.0 Å². The number of rotatable bonds is 3. The first-order valence-electron chi connectivity index (χ1n) is 4.58. The third-order valence-corrected chi connectivity index (χ3v) is 2.25. The van der Waals surface area contributed by atoms with Crippen LogP contribution in [0.5, 0.6) is 5.75 Å². The van der Waals surface area contributed by atoms with Crippen LogP contribution in [0.25, 0.3) is 0 Å². The molecule has 1 rings (SSSR count). The van der Waals surface area contributed by atoms with Crippen LogP contribution in [0.4, 0.5) is 4.79 Å². The van der Waals surface area contributed by atoms with Crippen molar-refractivity contribution in [1.29, 1.82) is 0 Å². The van der Waals surface area contributed by atoms with Crippen LogP contribution in [0.3, 0.4) is 0 Å². The minimum Gasteiger partial charge on any atom is -0.507 e. The van der Waals surface area contributed by atoms with Gasteiger partial charge in [-0.25, -0.2) is 10.2 Å². The molecule has 0 saturated heterocycles. The van der Waals surface area contributed by atoms with E-state index in [-0.39, 0.29) is 5.75 Å². The highest BCUT2D eigenvalue weighted by Gasteiger charge is 1.98. The van der Waals surface area contributed by atoms with Gasteiger partial charge in [-0.3, -0.25) is 0 Å². The normalized spacial score (nSPS) is 10.4. The second-order valence-electron chi connectivity index (χ2n) is 2.80. The molecule has 0 aliphatic rings. The van der Waals surface area contributed by atoms with E-state index in [1.54, 1.807) is 19.1 Å². The smallest absolute Gasteiger partial charge is 0.427 e. The predicted molar refractivity (Wildman–Crippen MR) is 63.6 cm³/mol. The summed E-state index contributed by atoms with van der Waals surface area (Å²) in [7, 11) is 0. The highest BCUT2D eigenvalue weighted by molar-refractivity contribution is 9.10. The number of hydrogen-bond acceptors (Lipinski definition) is 4. The molecular weight excluding hydrogens is 276 g/mol. The van der Waals surface area contributed by atoms with Gasteiger partial charge in [0.25, 0.3) is 0 Å². The molecule has 0 heterocycles. The Morgan fingerprint density at radius 3 is 3.06 bits per heavy atom. The monoisotopic (exact) mass is 286 g/mol. The van der Waals surface area contributed by atoms with Gasteiger partial charge in [0.2, 0.25) is 0 Å². The lowest BCUT2D eigenvalue weighted by Gasteiger charge is -1.99. The van der Waals surface area contributed by atoms with Crippen LogP contribution in [0.1, 0.15) is 12.5 Å². The van der Waals surface area contributed by atoms with Crippen LogP contribution < -0.4 is 5.43 Å². The molecule has 0 unspecified atom stereocenters. The van der Waals surface area contributed by atoms with E-state index in [9.17, 15) is 9.90 Å². The number of halogens is 1. The van der Waals surface area contributed by atoms with Crippen LogP contribution in [-0.2, 0) is 4.74 Å². The maximum absolute atomic E-state index is 10.9. The summed E-state index contributed by atoms with van der Waals surface area (Å²) in [6.45, 7) is 2.01. The average molecular weight is 287 g/mol. The van der Waals surface area contributed by atoms with Crippen molar-refractivity contribution in [2.24, 2.45) is 5.10 Å². The maximum Gasteiger partial charge on any atom is 0.427 e. The second kappa shape index (κ2) is 6.12. The van der Waals surface area contributed by atoms with E-state index in [0.29, 0.717) is 11.1 Å². The van der Waals surface area contributed by atoms with Crippen molar-refractivity contribution in [3.05, 3.63) is 28.2 Å². The van der Waals surface area contributed by atoms with Crippen molar-refractivity contribution >= 4 is 28.2 Å². The Balaban J connectivity index is 2.56. The standard InChI is InChI=1S/C10H11BrN2O3/c1-2-16-10(15)13-12-6-7-3-4-9(14)8(11)5-7/h3-6,14H,2H2,1H3,(H,13,15)/b12-6+. The summed E-state index contributed by atoms with van der Waals surface area (Å²) in [6, 6.07) is 4.86. The van der Waals surface area contributed by atoms with Gasteiger partial charge in [-0.2, -0.15) is 5.10 Å². The SMILES string of the molecule is CCOC(=O)N/N=C/c1ccc(O)c(Br)c1. The Labute approximate surface area is 101 Å². The number of carbonyl (C=O) groups is 1. The minimum absolute atomic E-state index is 0.149. The Kier molecular flexibility index (Phi) is 4.78. The molecular formula is C10H11BrN2O3. The van der Waals surface area contributed by atoms with Crippen molar-refractivity contribution in [3.8, 4) is 5.75 Å². The number of nitrogens with zero attached hydrogens (tertiary/aromatic N) is 1. The Morgan fingerprint density at radius 2 is 2.44 bits per heavy atom. The third-order valence-electron chi connectivity index (χ3n) is 1.62. The quantitative estimate of drug-likeness (QED) is 0.661. The number of amides is 1. The number of hydrogen-bond donors (Lipinski definition) is 2. The molecule has 0 spiro atoms. The highest BCUT2D eigenvalue weighted by Crippen LogP contribution is 2.23. The van der Waals surface area contributed by atoms with Gasteiger partial charge in [0.05, 0.1) is 17.3 Å². The van der Waals surface area contributed by atoms with E-state index in [0.717, 1.165) is 5.56 Å². The zero-order valence-electron chi connectivity index (χ0n) is 8.61. The summed E-state index contributed by atoms with van der Waals surface area (Å²) in [6.07, 6.45) is 0.845. The van der Waals surface area contributed by atoms with Crippen LogP contribution in [0.15, 0.2) is 27.8 Å². The van der Waals surface area contributed by atoms with E-state index in [1.165, 1.54) is 12.3 Å². The summed E-state index contributed by atoms with van der Waals surface area (Å²) in [4.78, 5) is 10.9. The number of hydrazone groups is 1. The molecule has 0 radical (unpaired) electrons. The Morgan fingerprint density at radius 1 is 1.69 bits per heavy atom. The zero-order chi connectivity index (χ0) is 12.0. The largest absolute Gasteiger partial charge is 0.507 e. The highest BCUT2D eigenvalue weighted by atomic mass is 79.9. The first kappa shape index (κ1) is 12.5. The fourth-order valence-corrected chi connectivity index (χ4v) is 1.32. The number of phenols is 1. The lowest BCUT2D eigenvalue weighted by atomic mass is 10.2. The van der Waals surface area contributed by atoms with Crippen molar-refractivity contribution in [2.45, 2.75) is 6.92 Å². The molecule has 2 N–H and O–H groups in total. The number of nitrogens with one attached hydrogen (secondary N) is 1. The van der Waals surface area contributed by atoms with Gasteiger partial charge >= 0.3 is 6.09 Å². The molecule has 0 aliphatic carbocycles. The van der Waals surface area contributed by atoms with Crippen molar-refractivity contribution < 1.29 is 14.6 Å². The molecule has 16 heavy (non-hydrogen) atoms. The third kappa shape index (κ3) is 3.90. The first-order valence-corrected chi connectivity index (χ1v) is 5.37. The van der Waals surface area contributed by atoms with Crippen LogP contribution >= 0.6 is 15.9 Å². The van der Waals surface area contributed by atoms with E-state index in [1.807, 2.05) is 0 Å². The lowest BCUT2D eigenvalue weighted by Crippen LogP contribution is -2.18. The summed E-state index contributed by atoms with van der Waals surface area (Å²) >= 11 is 3.17. The Hall–Kier alpha value is -1.56. The van der Waals surface area contributed by atoms with Gasteiger partial charge in [0.1, 0.15) is 5.75 Å². The fourth-order valence-electron chi connectivity index (χ4n) is 0.926. The van der Waals surface area contributed by atoms with Crippen LogP contribution in [0, 0.1) is 0 Å². The average Bonchev–Trinajstić information content (AvgIpc) is 2.24. The van der Waals surface area contributed by atoms with Crippen LogP contribution in [0.2, 0.25) is 0 Å². The molecule has 0 aliphatic heterocycles. The van der Waals surface area contributed by atoms with Gasteiger partial charge in [-0.15, -0.1) is 0 Å². The molecule has 6 heteroatoms. The maximum atomic E-state index is 10.9. The van der Waals surface area contributed by atoms with Gasteiger partial charge in [-0.1, -0.05) is 0 Å². The number of carbonyl (C=O) groups excluding carboxylic acids is 1. The predicted octanol–water partition coefficient (Wildman–Crippen LogP) is 2.23. The molecule has 1 amide bonds.